The molecule has 1 aromatic heterocycles. The molecule has 0 aliphatic carbocycles. The molecule has 1 aliphatic heterocycles. The Kier molecular flexibility index (Phi) is 7.91. The van der Waals surface area contributed by atoms with Gasteiger partial charge < -0.3 is 23.8 Å². The van der Waals surface area contributed by atoms with Crippen molar-refractivity contribution in [3.05, 3.63) is 32.6 Å². The quantitative estimate of drug-likeness (QED) is 0.471. The van der Waals surface area contributed by atoms with Crippen molar-refractivity contribution < 1.29 is 23.8 Å². The maximum absolute atomic E-state index is 12.9. The number of H-pyrrole nitrogens is 1. The standard InChI is InChI=1S/C20H35N2O7P/c1-6-11-19(4,29-30(26,27)20(25,7-2)8-3)12-14-9-10-16(28-14)15-13-22(5)18(24)21-17(15)23/h13-14,16,25H,6-12H2,1-5H3,(H,26,27)(H,21,23,24). The summed E-state index contributed by atoms with van der Waals surface area (Å²) in [5.41, 5.74) is -1.53. The van der Waals surface area contributed by atoms with Crippen LogP contribution in [0.5, 0.6) is 0 Å². The molecule has 1 saturated heterocycles. The van der Waals surface area contributed by atoms with Crippen LogP contribution in [0.4, 0.5) is 0 Å². The Hall–Kier alpha value is -1.25. The Labute approximate surface area is 177 Å². The third kappa shape index (κ3) is 5.32. The van der Waals surface area contributed by atoms with E-state index in [1.54, 1.807) is 27.8 Å². The van der Waals surface area contributed by atoms with Crippen LogP contribution in [0.3, 0.4) is 0 Å². The number of aromatic amines is 1. The van der Waals surface area contributed by atoms with Gasteiger partial charge in [0, 0.05) is 19.7 Å². The first kappa shape index (κ1) is 25.0. The minimum atomic E-state index is -4.31. The molecule has 4 atom stereocenters. The molecule has 172 valence electrons. The fourth-order valence-electron chi connectivity index (χ4n) is 4.13. The summed E-state index contributed by atoms with van der Waals surface area (Å²) < 4.78 is 26.0. The number of rotatable bonds is 10. The van der Waals surface area contributed by atoms with E-state index < -0.39 is 35.9 Å². The molecular formula is C20H35N2O7P. The lowest BCUT2D eigenvalue weighted by molar-refractivity contribution is -0.0363. The molecule has 9 nitrogen and oxygen atoms in total. The number of aryl methyl sites for hydroxylation is 1. The molecule has 2 rings (SSSR count). The van der Waals surface area contributed by atoms with Crippen molar-refractivity contribution >= 4 is 7.60 Å². The van der Waals surface area contributed by atoms with Crippen LogP contribution in [0.25, 0.3) is 0 Å². The first-order valence-corrected chi connectivity index (χ1v) is 12.2. The zero-order valence-electron chi connectivity index (χ0n) is 18.5. The van der Waals surface area contributed by atoms with E-state index in [0.29, 0.717) is 31.2 Å². The Balaban J connectivity index is 2.18. The highest BCUT2D eigenvalue weighted by molar-refractivity contribution is 7.54. The van der Waals surface area contributed by atoms with Crippen molar-refractivity contribution in [2.45, 2.75) is 95.8 Å². The van der Waals surface area contributed by atoms with E-state index in [0.717, 1.165) is 6.42 Å². The fourth-order valence-corrected chi connectivity index (χ4v) is 5.86. The molecule has 0 saturated carbocycles. The van der Waals surface area contributed by atoms with Crippen molar-refractivity contribution in [1.82, 2.24) is 9.55 Å². The van der Waals surface area contributed by atoms with Crippen LogP contribution in [-0.4, -0.2) is 36.6 Å². The van der Waals surface area contributed by atoms with Gasteiger partial charge in [-0.25, -0.2) is 4.79 Å². The molecule has 0 amide bonds. The Bertz CT molecular complexity index is 892. The van der Waals surface area contributed by atoms with E-state index in [1.807, 2.05) is 6.92 Å². The smallest absolute Gasteiger partial charge is 0.359 e. The molecule has 4 unspecified atom stereocenters. The molecule has 30 heavy (non-hydrogen) atoms. The minimum absolute atomic E-state index is 0.108. The van der Waals surface area contributed by atoms with Crippen molar-refractivity contribution in [2.24, 2.45) is 7.05 Å². The van der Waals surface area contributed by atoms with Crippen molar-refractivity contribution in [1.29, 1.82) is 0 Å². The van der Waals surface area contributed by atoms with Crippen molar-refractivity contribution in [3.63, 3.8) is 0 Å². The number of aliphatic hydroxyl groups is 1. The molecule has 0 aromatic carbocycles. The van der Waals surface area contributed by atoms with Gasteiger partial charge in [-0.05, 0) is 39.0 Å². The van der Waals surface area contributed by atoms with E-state index in [4.69, 9.17) is 9.26 Å². The molecule has 1 aromatic rings. The summed E-state index contributed by atoms with van der Waals surface area (Å²) in [6.45, 7) is 7.03. The Morgan fingerprint density at radius 1 is 1.30 bits per heavy atom. The largest absolute Gasteiger partial charge is 0.377 e. The molecule has 10 heteroatoms. The Morgan fingerprint density at radius 2 is 1.93 bits per heavy atom. The van der Waals surface area contributed by atoms with Crippen LogP contribution >= 0.6 is 7.60 Å². The van der Waals surface area contributed by atoms with Gasteiger partial charge in [0.25, 0.3) is 5.56 Å². The predicted molar refractivity (Wildman–Crippen MR) is 114 cm³/mol. The normalized spacial score (nSPS) is 23.8. The van der Waals surface area contributed by atoms with Gasteiger partial charge in [0.1, 0.15) is 0 Å². The van der Waals surface area contributed by atoms with Gasteiger partial charge >= 0.3 is 13.3 Å². The van der Waals surface area contributed by atoms with Crippen LogP contribution in [0.2, 0.25) is 0 Å². The summed E-state index contributed by atoms with van der Waals surface area (Å²) in [6.07, 6.45) is 3.81. The topological polar surface area (TPSA) is 131 Å². The van der Waals surface area contributed by atoms with Crippen molar-refractivity contribution in [2.75, 3.05) is 0 Å². The Morgan fingerprint density at radius 3 is 2.50 bits per heavy atom. The van der Waals surface area contributed by atoms with Gasteiger partial charge in [0.2, 0.25) is 0 Å². The first-order chi connectivity index (χ1) is 13.9. The molecule has 0 bridgehead atoms. The average Bonchev–Trinajstić information content (AvgIpc) is 3.10. The zero-order valence-corrected chi connectivity index (χ0v) is 19.4. The monoisotopic (exact) mass is 446 g/mol. The van der Waals surface area contributed by atoms with Gasteiger partial charge in [-0.15, -0.1) is 0 Å². The van der Waals surface area contributed by atoms with Crippen molar-refractivity contribution in [3.8, 4) is 0 Å². The van der Waals surface area contributed by atoms with E-state index in [-0.39, 0.29) is 18.9 Å². The molecule has 2 heterocycles. The van der Waals surface area contributed by atoms with E-state index >= 15 is 0 Å². The lowest BCUT2D eigenvalue weighted by atomic mass is 9.92. The number of nitrogens with zero attached hydrogens (tertiary/aromatic N) is 1. The summed E-state index contributed by atoms with van der Waals surface area (Å²) in [6, 6.07) is 0. The van der Waals surface area contributed by atoms with Gasteiger partial charge in [-0.1, -0.05) is 27.2 Å². The first-order valence-electron chi connectivity index (χ1n) is 10.6. The number of hydrogen-bond donors (Lipinski definition) is 3. The minimum Gasteiger partial charge on any atom is -0.377 e. The molecule has 1 fully saturated rings. The second-order valence-electron chi connectivity index (χ2n) is 8.48. The third-order valence-electron chi connectivity index (χ3n) is 6.03. The van der Waals surface area contributed by atoms with E-state index in [9.17, 15) is 24.2 Å². The van der Waals surface area contributed by atoms with E-state index in [2.05, 4.69) is 4.98 Å². The van der Waals surface area contributed by atoms with Gasteiger partial charge in [-0.3, -0.25) is 14.3 Å². The summed E-state index contributed by atoms with van der Waals surface area (Å²) in [5, 5.41) is 8.79. The second kappa shape index (κ2) is 9.49. The third-order valence-corrected chi connectivity index (χ3v) is 8.40. The SMILES string of the molecule is CCCC(C)(CC1CCC(c2cn(C)c(=O)[nH]c2=O)O1)OP(=O)(O)C(O)(CC)CC. The molecule has 3 N–H and O–H groups in total. The lowest BCUT2D eigenvalue weighted by Crippen LogP contribution is -2.37. The molecule has 0 radical (unpaired) electrons. The maximum Gasteiger partial charge on any atom is 0.359 e. The summed E-state index contributed by atoms with van der Waals surface area (Å²) in [5.74, 6) is 0. The lowest BCUT2D eigenvalue weighted by Gasteiger charge is -2.38. The average molecular weight is 446 g/mol. The molecule has 1 aliphatic rings. The van der Waals surface area contributed by atoms with Gasteiger partial charge in [0.15, 0.2) is 5.34 Å². The van der Waals surface area contributed by atoms with Gasteiger partial charge in [-0.2, -0.15) is 0 Å². The number of hydrogen-bond acceptors (Lipinski definition) is 6. The molecular weight excluding hydrogens is 411 g/mol. The summed E-state index contributed by atoms with van der Waals surface area (Å²) in [7, 11) is -2.75. The maximum atomic E-state index is 12.9. The number of nitrogens with one attached hydrogen (secondary N) is 1. The van der Waals surface area contributed by atoms with Crippen LogP contribution in [0.1, 0.15) is 84.3 Å². The highest BCUT2D eigenvalue weighted by Gasteiger charge is 2.49. The van der Waals surface area contributed by atoms with Gasteiger partial charge in [0.05, 0.1) is 23.4 Å². The predicted octanol–water partition coefficient (Wildman–Crippen LogP) is 2.95. The summed E-state index contributed by atoms with van der Waals surface area (Å²) >= 11 is 0. The molecule has 0 spiro atoms. The number of aromatic nitrogens is 2. The summed E-state index contributed by atoms with van der Waals surface area (Å²) in [4.78, 5) is 36.6. The highest BCUT2D eigenvalue weighted by atomic mass is 31.2. The van der Waals surface area contributed by atoms with Crippen LogP contribution in [-0.2, 0) is 20.9 Å². The van der Waals surface area contributed by atoms with E-state index in [1.165, 1.54) is 10.8 Å². The van der Waals surface area contributed by atoms with Crippen LogP contribution in [0.15, 0.2) is 15.8 Å². The van der Waals surface area contributed by atoms with Crippen LogP contribution in [0, 0.1) is 0 Å². The fraction of sp³-hybridized carbons (Fsp3) is 0.800. The zero-order chi connectivity index (χ0) is 22.7. The van der Waals surface area contributed by atoms with Crippen LogP contribution < -0.4 is 11.2 Å². The number of ether oxygens (including phenoxy) is 1. The highest BCUT2D eigenvalue weighted by Crippen LogP contribution is 2.60. The second-order valence-corrected chi connectivity index (χ2v) is 10.5.